The predicted octanol–water partition coefficient (Wildman–Crippen LogP) is 4.99. The minimum Gasteiger partial charge on any atom is -0.290 e. The number of hydrogen-bond donors (Lipinski definition) is 0. The molecule has 0 radical (unpaired) electrons. The van der Waals surface area contributed by atoms with Gasteiger partial charge in [0.05, 0.1) is 0 Å². The molecule has 0 aliphatic heterocycles. The number of rotatable bonds is 11. The second-order valence-electron chi connectivity index (χ2n) is 4.30. The van der Waals surface area contributed by atoms with Crippen molar-refractivity contribution >= 4 is 5.78 Å². The summed E-state index contributed by atoms with van der Waals surface area (Å²) in [5, 5.41) is 0. The van der Waals surface area contributed by atoms with E-state index in [-0.39, 0.29) is 5.78 Å². The lowest BCUT2D eigenvalue weighted by atomic mass is 10.1. The quantitative estimate of drug-likeness (QED) is 0.279. The maximum Gasteiger partial charge on any atom is 0.178 e. The van der Waals surface area contributed by atoms with E-state index in [2.05, 4.69) is 19.6 Å². The standard InChI is InChI=1S/C16H26O/c1-3-5-6-7-8-9-10-11-12-13-14-15-16(17)4-2/h4,12-15H,2-3,5-11H2,1H3. The van der Waals surface area contributed by atoms with Gasteiger partial charge in [-0.3, -0.25) is 4.79 Å². The minimum atomic E-state index is -0.0365. The molecule has 1 heteroatoms. The van der Waals surface area contributed by atoms with Crippen LogP contribution in [-0.4, -0.2) is 5.78 Å². The third kappa shape index (κ3) is 12.8. The zero-order valence-electron chi connectivity index (χ0n) is 11.2. The maximum atomic E-state index is 10.8. The van der Waals surface area contributed by atoms with Gasteiger partial charge < -0.3 is 0 Å². The Kier molecular flexibility index (Phi) is 12.1. The molecule has 0 heterocycles. The Morgan fingerprint density at radius 2 is 1.65 bits per heavy atom. The fourth-order valence-electron chi connectivity index (χ4n) is 1.61. The largest absolute Gasteiger partial charge is 0.290 e. The summed E-state index contributed by atoms with van der Waals surface area (Å²) in [5.41, 5.74) is 0. The van der Waals surface area contributed by atoms with Crippen LogP contribution in [0.1, 0.15) is 58.3 Å². The van der Waals surface area contributed by atoms with E-state index in [0.29, 0.717) is 0 Å². The molecular formula is C16H26O. The van der Waals surface area contributed by atoms with Gasteiger partial charge in [-0.15, -0.1) is 0 Å². The SMILES string of the molecule is C=CC(=O)C=CC=CCCCCCCCCC. The van der Waals surface area contributed by atoms with Crippen molar-refractivity contribution in [2.75, 3.05) is 0 Å². The van der Waals surface area contributed by atoms with Crippen molar-refractivity contribution in [1.29, 1.82) is 0 Å². The smallest absolute Gasteiger partial charge is 0.178 e. The van der Waals surface area contributed by atoms with Gasteiger partial charge in [0, 0.05) is 0 Å². The fraction of sp³-hybridized carbons (Fsp3) is 0.562. The van der Waals surface area contributed by atoms with Gasteiger partial charge in [0.1, 0.15) is 0 Å². The monoisotopic (exact) mass is 234 g/mol. The van der Waals surface area contributed by atoms with Crippen molar-refractivity contribution in [2.45, 2.75) is 58.3 Å². The van der Waals surface area contributed by atoms with Crippen LogP contribution in [0.2, 0.25) is 0 Å². The first-order valence-electron chi connectivity index (χ1n) is 6.81. The summed E-state index contributed by atoms with van der Waals surface area (Å²) < 4.78 is 0. The second kappa shape index (κ2) is 13.0. The van der Waals surface area contributed by atoms with Crippen molar-refractivity contribution in [3.8, 4) is 0 Å². The molecule has 0 aromatic heterocycles. The van der Waals surface area contributed by atoms with Crippen molar-refractivity contribution in [3.63, 3.8) is 0 Å². The number of unbranched alkanes of at least 4 members (excludes halogenated alkanes) is 7. The molecule has 0 fully saturated rings. The molecule has 1 nitrogen and oxygen atoms in total. The maximum absolute atomic E-state index is 10.8. The molecular weight excluding hydrogens is 208 g/mol. The first-order valence-corrected chi connectivity index (χ1v) is 6.81. The molecule has 0 N–H and O–H groups in total. The van der Waals surface area contributed by atoms with Crippen molar-refractivity contribution < 1.29 is 4.79 Å². The predicted molar refractivity (Wildman–Crippen MR) is 76.1 cm³/mol. The van der Waals surface area contributed by atoms with E-state index in [9.17, 15) is 4.79 Å². The van der Waals surface area contributed by atoms with Crippen LogP contribution < -0.4 is 0 Å². The van der Waals surface area contributed by atoms with Crippen molar-refractivity contribution in [3.05, 3.63) is 37.0 Å². The van der Waals surface area contributed by atoms with E-state index in [1.165, 1.54) is 57.1 Å². The van der Waals surface area contributed by atoms with Gasteiger partial charge in [0.2, 0.25) is 0 Å². The zero-order valence-corrected chi connectivity index (χ0v) is 11.2. The van der Waals surface area contributed by atoms with Crippen LogP contribution in [0.5, 0.6) is 0 Å². The summed E-state index contributed by atoms with van der Waals surface area (Å²) in [7, 11) is 0. The van der Waals surface area contributed by atoms with Crippen LogP contribution in [-0.2, 0) is 4.79 Å². The minimum absolute atomic E-state index is 0.0365. The van der Waals surface area contributed by atoms with Gasteiger partial charge in [-0.05, 0) is 25.0 Å². The van der Waals surface area contributed by atoms with Gasteiger partial charge >= 0.3 is 0 Å². The van der Waals surface area contributed by atoms with E-state index in [4.69, 9.17) is 0 Å². The van der Waals surface area contributed by atoms with Gasteiger partial charge in [0.15, 0.2) is 5.78 Å². The fourth-order valence-corrected chi connectivity index (χ4v) is 1.61. The van der Waals surface area contributed by atoms with Crippen molar-refractivity contribution in [1.82, 2.24) is 0 Å². The summed E-state index contributed by atoms with van der Waals surface area (Å²) in [6.07, 6.45) is 19.2. The first-order chi connectivity index (χ1) is 8.31. The van der Waals surface area contributed by atoms with E-state index in [1.807, 2.05) is 6.08 Å². The highest BCUT2D eigenvalue weighted by Crippen LogP contribution is 2.08. The molecule has 0 aliphatic rings. The van der Waals surface area contributed by atoms with Crippen LogP contribution in [0.3, 0.4) is 0 Å². The lowest BCUT2D eigenvalue weighted by Gasteiger charge is -1.98. The van der Waals surface area contributed by atoms with E-state index in [1.54, 1.807) is 6.08 Å². The Bertz CT molecular complexity index is 248. The normalized spacial score (nSPS) is 11.4. The molecule has 0 saturated heterocycles. The van der Waals surface area contributed by atoms with Gasteiger partial charge in [0.25, 0.3) is 0 Å². The molecule has 0 rings (SSSR count). The Morgan fingerprint density at radius 1 is 1.00 bits per heavy atom. The first kappa shape index (κ1) is 15.9. The molecule has 0 aromatic carbocycles. The third-order valence-electron chi connectivity index (χ3n) is 2.68. The van der Waals surface area contributed by atoms with Crippen molar-refractivity contribution in [2.24, 2.45) is 0 Å². The number of carbonyl (C=O) groups is 1. The summed E-state index contributed by atoms with van der Waals surface area (Å²) in [6.45, 7) is 5.65. The Labute approximate surface area is 106 Å². The van der Waals surface area contributed by atoms with Gasteiger partial charge in [-0.25, -0.2) is 0 Å². The molecule has 17 heavy (non-hydrogen) atoms. The zero-order chi connectivity index (χ0) is 12.8. The molecule has 0 spiro atoms. The third-order valence-corrected chi connectivity index (χ3v) is 2.68. The highest BCUT2D eigenvalue weighted by atomic mass is 16.1. The van der Waals surface area contributed by atoms with Crippen LogP contribution in [0.25, 0.3) is 0 Å². The Morgan fingerprint density at radius 3 is 2.29 bits per heavy atom. The lowest BCUT2D eigenvalue weighted by molar-refractivity contribution is -0.110. The Balaban J connectivity index is 3.27. The number of allylic oxidation sites excluding steroid dienone is 5. The van der Waals surface area contributed by atoms with Crippen LogP contribution in [0.15, 0.2) is 37.0 Å². The summed E-state index contributed by atoms with van der Waals surface area (Å²) in [6, 6.07) is 0. The average molecular weight is 234 g/mol. The van der Waals surface area contributed by atoms with E-state index >= 15 is 0 Å². The highest BCUT2D eigenvalue weighted by molar-refractivity contribution is 5.98. The molecule has 0 bridgehead atoms. The molecule has 0 aliphatic carbocycles. The summed E-state index contributed by atoms with van der Waals surface area (Å²) in [4.78, 5) is 10.8. The molecule has 0 amide bonds. The summed E-state index contributed by atoms with van der Waals surface area (Å²) >= 11 is 0. The Hall–Kier alpha value is -1.11. The van der Waals surface area contributed by atoms with Gasteiger partial charge in [-0.1, -0.05) is 70.3 Å². The number of ketones is 1. The van der Waals surface area contributed by atoms with E-state index < -0.39 is 0 Å². The van der Waals surface area contributed by atoms with Crippen LogP contribution in [0.4, 0.5) is 0 Å². The molecule has 96 valence electrons. The topological polar surface area (TPSA) is 17.1 Å². The van der Waals surface area contributed by atoms with Gasteiger partial charge in [-0.2, -0.15) is 0 Å². The van der Waals surface area contributed by atoms with E-state index in [0.717, 1.165) is 6.42 Å². The van der Waals surface area contributed by atoms with Crippen LogP contribution in [0, 0.1) is 0 Å². The lowest BCUT2D eigenvalue weighted by Crippen LogP contribution is -1.81. The average Bonchev–Trinajstić information content (AvgIpc) is 2.35. The van der Waals surface area contributed by atoms with Crippen LogP contribution >= 0.6 is 0 Å². The molecule has 0 saturated carbocycles. The summed E-state index contributed by atoms with van der Waals surface area (Å²) in [5.74, 6) is -0.0365. The number of carbonyl (C=O) groups excluding carboxylic acids is 1. The second-order valence-corrected chi connectivity index (χ2v) is 4.30. The molecule has 0 atom stereocenters. The number of hydrogen-bond acceptors (Lipinski definition) is 1. The molecule has 0 aromatic rings. The molecule has 0 unspecified atom stereocenters. The highest BCUT2D eigenvalue weighted by Gasteiger charge is 1.89.